The number of nitrogens with zero attached hydrogens (tertiary/aromatic N) is 1. The summed E-state index contributed by atoms with van der Waals surface area (Å²) in [5, 5.41) is 19.5. The average molecular weight is 215 g/mol. The van der Waals surface area contributed by atoms with Gasteiger partial charge in [0.1, 0.15) is 5.92 Å². The third-order valence-electron chi connectivity index (χ3n) is 3.29. The van der Waals surface area contributed by atoms with Crippen molar-refractivity contribution < 1.29 is 19.7 Å². The van der Waals surface area contributed by atoms with Gasteiger partial charge in [-0.1, -0.05) is 0 Å². The van der Waals surface area contributed by atoms with Gasteiger partial charge in [0.2, 0.25) is 0 Å². The summed E-state index contributed by atoms with van der Waals surface area (Å²) in [6.07, 6.45) is -0.548. The number of carbonyl (C=O) groups excluding carboxylic acids is 1. The van der Waals surface area contributed by atoms with Gasteiger partial charge in [-0.2, -0.15) is 0 Å². The first-order valence-corrected chi connectivity index (χ1v) is 5.42. The molecule has 5 nitrogen and oxygen atoms in total. The second-order valence-corrected chi connectivity index (χ2v) is 4.19. The van der Waals surface area contributed by atoms with Gasteiger partial charge in [-0.25, -0.2) is 0 Å². The molecule has 4 atom stereocenters. The Kier molecular flexibility index (Phi) is 2.95. The van der Waals surface area contributed by atoms with Gasteiger partial charge in [0.05, 0.1) is 24.9 Å². The Morgan fingerprint density at radius 1 is 1.47 bits per heavy atom. The van der Waals surface area contributed by atoms with Crippen molar-refractivity contribution in [1.29, 1.82) is 0 Å². The van der Waals surface area contributed by atoms with E-state index in [2.05, 4.69) is 0 Å². The molecule has 0 aromatic heterocycles. The van der Waals surface area contributed by atoms with E-state index in [1.807, 2.05) is 4.90 Å². The Morgan fingerprint density at radius 3 is 2.87 bits per heavy atom. The first kappa shape index (κ1) is 10.9. The molecule has 86 valence electrons. The van der Waals surface area contributed by atoms with Crippen molar-refractivity contribution in [2.45, 2.75) is 31.6 Å². The molecule has 0 amide bonds. The van der Waals surface area contributed by atoms with Crippen LogP contribution in [0, 0.1) is 5.92 Å². The molecule has 0 aromatic carbocycles. The van der Waals surface area contributed by atoms with Crippen molar-refractivity contribution in [3.63, 3.8) is 0 Å². The van der Waals surface area contributed by atoms with Crippen molar-refractivity contribution in [2.24, 2.45) is 5.92 Å². The number of carbonyl (C=O) groups is 1. The zero-order valence-electron chi connectivity index (χ0n) is 8.80. The van der Waals surface area contributed by atoms with Crippen LogP contribution >= 0.6 is 0 Å². The minimum absolute atomic E-state index is 0.251. The molecule has 0 saturated carbocycles. The maximum Gasteiger partial charge on any atom is 0.313 e. The minimum Gasteiger partial charge on any atom is -0.466 e. The van der Waals surface area contributed by atoms with Crippen LogP contribution in [-0.4, -0.2) is 59.0 Å². The number of fused-ring (bicyclic) bond motifs is 1. The predicted molar refractivity (Wildman–Crippen MR) is 52.1 cm³/mol. The van der Waals surface area contributed by atoms with Crippen LogP contribution in [-0.2, 0) is 9.53 Å². The molecule has 2 fully saturated rings. The van der Waals surface area contributed by atoms with Crippen LogP contribution in [0.2, 0.25) is 0 Å². The SMILES string of the molecule is CCOC(=O)[C@H]1[C@@H]2[C@@H](O)CCN2C[C@@H]1O. The van der Waals surface area contributed by atoms with Gasteiger partial charge in [0.15, 0.2) is 0 Å². The monoisotopic (exact) mass is 215 g/mol. The van der Waals surface area contributed by atoms with Crippen LogP contribution in [0.15, 0.2) is 0 Å². The van der Waals surface area contributed by atoms with Gasteiger partial charge in [-0.15, -0.1) is 0 Å². The van der Waals surface area contributed by atoms with Crippen molar-refractivity contribution in [3.8, 4) is 0 Å². The lowest BCUT2D eigenvalue weighted by Crippen LogP contribution is -2.40. The first-order valence-electron chi connectivity index (χ1n) is 5.42. The third kappa shape index (κ3) is 1.75. The summed E-state index contributed by atoms with van der Waals surface area (Å²) in [5.74, 6) is -0.971. The number of aliphatic hydroxyl groups excluding tert-OH is 2. The summed E-state index contributed by atoms with van der Waals surface area (Å²) in [4.78, 5) is 13.6. The number of esters is 1. The molecule has 0 bridgehead atoms. The topological polar surface area (TPSA) is 70.0 Å². The average Bonchev–Trinajstić information content (AvgIpc) is 2.67. The van der Waals surface area contributed by atoms with E-state index in [1.54, 1.807) is 6.92 Å². The summed E-state index contributed by atoms with van der Waals surface area (Å²) in [6.45, 7) is 3.26. The van der Waals surface area contributed by atoms with E-state index >= 15 is 0 Å². The Bertz CT molecular complexity index is 258. The van der Waals surface area contributed by atoms with Gasteiger partial charge < -0.3 is 14.9 Å². The molecule has 2 aliphatic heterocycles. The molecule has 2 N–H and O–H groups in total. The Hall–Kier alpha value is -0.650. The standard InChI is InChI=1S/C10H17NO4/c1-2-15-10(14)8-7(13)5-11-4-3-6(12)9(8)11/h6-9,12-13H,2-5H2,1H3/t6-,7-,8+,9-/m0/s1. The van der Waals surface area contributed by atoms with Crippen LogP contribution < -0.4 is 0 Å². The van der Waals surface area contributed by atoms with Gasteiger partial charge in [-0.05, 0) is 13.3 Å². The predicted octanol–water partition coefficient (Wildman–Crippen LogP) is -1.02. The van der Waals surface area contributed by atoms with Crippen LogP contribution in [0.3, 0.4) is 0 Å². The molecular weight excluding hydrogens is 198 g/mol. The number of hydrogen-bond acceptors (Lipinski definition) is 5. The van der Waals surface area contributed by atoms with Crippen molar-refractivity contribution in [1.82, 2.24) is 4.90 Å². The number of rotatable bonds is 2. The molecular formula is C10H17NO4. The van der Waals surface area contributed by atoms with Crippen LogP contribution in [0.25, 0.3) is 0 Å². The summed E-state index contributed by atoms with van der Waals surface area (Å²) < 4.78 is 4.92. The highest BCUT2D eigenvalue weighted by atomic mass is 16.5. The zero-order chi connectivity index (χ0) is 11.0. The summed E-state index contributed by atoms with van der Waals surface area (Å²) in [7, 11) is 0. The van der Waals surface area contributed by atoms with E-state index in [0.717, 1.165) is 6.54 Å². The number of ether oxygens (including phenoxy) is 1. The molecule has 2 rings (SSSR count). The van der Waals surface area contributed by atoms with E-state index in [-0.39, 0.29) is 6.04 Å². The van der Waals surface area contributed by atoms with Gasteiger partial charge >= 0.3 is 5.97 Å². The van der Waals surface area contributed by atoms with Gasteiger partial charge in [0, 0.05) is 13.1 Å². The Balaban J connectivity index is 2.11. The summed E-state index contributed by atoms with van der Waals surface area (Å²) in [5.41, 5.74) is 0. The maximum absolute atomic E-state index is 11.6. The second-order valence-electron chi connectivity index (χ2n) is 4.19. The molecule has 0 radical (unpaired) electrons. The molecule has 0 aliphatic carbocycles. The quantitative estimate of drug-likeness (QED) is 0.577. The number of aliphatic hydroxyl groups is 2. The molecule has 0 unspecified atom stereocenters. The van der Waals surface area contributed by atoms with E-state index in [1.165, 1.54) is 0 Å². The molecule has 2 aliphatic rings. The minimum atomic E-state index is -0.705. The molecule has 0 aromatic rings. The van der Waals surface area contributed by atoms with E-state index in [9.17, 15) is 15.0 Å². The van der Waals surface area contributed by atoms with Crippen LogP contribution in [0.4, 0.5) is 0 Å². The zero-order valence-corrected chi connectivity index (χ0v) is 8.80. The normalized spacial score (nSPS) is 40.5. The van der Waals surface area contributed by atoms with Crippen molar-refractivity contribution >= 4 is 5.97 Å². The lowest BCUT2D eigenvalue weighted by atomic mass is 9.94. The van der Waals surface area contributed by atoms with Gasteiger partial charge in [-0.3, -0.25) is 9.69 Å². The summed E-state index contributed by atoms with van der Waals surface area (Å²) >= 11 is 0. The fourth-order valence-electron chi connectivity index (χ4n) is 2.66. The highest BCUT2D eigenvalue weighted by molar-refractivity contribution is 5.74. The molecule has 5 heteroatoms. The summed E-state index contributed by atoms with van der Waals surface area (Å²) in [6, 6.07) is -0.251. The maximum atomic E-state index is 11.6. The molecule has 15 heavy (non-hydrogen) atoms. The molecule has 2 heterocycles. The highest BCUT2D eigenvalue weighted by Crippen LogP contribution is 2.34. The Morgan fingerprint density at radius 2 is 2.20 bits per heavy atom. The fraction of sp³-hybridized carbons (Fsp3) is 0.900. The second kappa shape index (κ2) is 4.08. The highest BCUT2D eigenvalue weighted by Gasteiger charge is 2.51. The van der Waals surface area contributed by atoms with E-state index in [4.69, 9.17) is 4.74 Å². The van der Waals surface area contributed by atoms with E-state index in [0.29, 0.717) is 19.6 Å². The smallest absolute Gasteiger partial charge is 0.313 e. The first-order chi connectivity index (χ1) is 7.15. The fourth-order valence-corrected chi connectivity index (χ4v) is 2.66. The van der Waals surface area contributed by atoms with Gasteiger partial charge in [0.25, 0.3) is 0 Å². The largest absolute Gasteiger partial charge is 0.466 e. The molecule has 2 saturated heterocycles. The van der Waals surface area contributed by atoms with Crippen LogP contribution in [0.5, 0.6) is 0 Å². The van der Waals surface area contributed by atoms with E-state index < -0.39 is 24.1 Å². The number of hydrogen-bond donors (Lipinski definition) is 2. The lowest BCUT2D eigenvalue weighted by molar-refractivity contribution is -0.152. The lowest BCUT2D eigenvalue weighted by Gasteiger charge is -2.22. The third-order valence-corrected chi connectivity index (χ3v) is 3.29. The van der Waals surface area contributed by atoms with Crippen molar-refractivity contribution in [3.05, 3.63) is 0 Å². The van der Waals surface area contributed by atoms with Crippen LogP contribution in [0.1, 0.15) is 13.3 Å². The molecule has 0 spiro atoms. The van der Waals surface area contributed by atoms with Crippen molar-refractivity contribution in [2.75, 3.05) is 19.7 Å². The Labute approximate surface area is 88.6 Å².